The van der Waals surface area contributed by atoms with E-state index in [4.69, 9.17) is 14.2 Å². The lowest BCUT2D eigenvalue weighted by molar-refractivity contribution is -0.218. The van der Waals surface area contributed by atoms with Crippen LogP contribution in [0.1, 0.15) is 26.3 Å². The van der Waals surface area contributed by atoms with E-state index < -0.39 is 11.2 Å². The van der Waals surface area contributed by atoms with Gasteiger partial charge in [-0.25, -0.2) is 0 Å². The first-order valence-corrected chi connectivity index (χ1v) is 6.17. The van der Waals surface area contributed by atoms with Crippen LogP contribution in [-0.2, 0) is 25.6 Å². The highest BCUT2D eigenvalue weighted by Crippen LogP contribution is 2.39. The topological polar surface area (TPSA) is 44.8 Å². The number of rotatable bonds is 4. The van der Waals surface area contributed by atoms with Crippen LogP contribution >= 0.6 is 0 Å². The first-order valence-electron chi connectivity index (χ1n) is 6.17. The predicted molar refractivity (Wildman–Crippen MR) is 69.7 cm³/mol. The Kier molecular flexibility index (Phi) is 3.51. The Labute approximate surface area is 113 Å². The average molecular weight is 262 g/mol. The van der Waals surface area contributed by atoms with Crippen LogP contribution in [0.2, 0.25) is 0 Å². The van der Waals surface area contributed by atoms with Crippen LogP contribution in [0.25, 0.3) is 0 Å². The molecule has 0 aliphatic carbocycles. The summed E-state index contributed by atoms with van der Waals surface area (Å²) in [5.74, 6) is -1.39. The molecule has 1 heterocycles. The SMILES string of the molecule is CC1(C(C)(C)C(=O)OCc2ccccc2)OC=CO1. The maximum absolute atomic E-state index is 12.2. The van der Waals surface area contributed by atoms with Gasteiger partial charge in [0.1, 0.15) is 24.5 Å². The zero-order valence-corrected chi connectivity index (χ0v) is 11.4. The van der Waals surface area contributed by atoms with Gasteiger partial charge in [-0.1, -0.05) is 30.3 Å². The van der Waals surface area contributed by atoms with Gasteiger partial charge >= 0.3 is 5.97 Å². The van der Waals surface area contributed by atoms with Crippen LogP contribution in [0.5, 0.6) is 0 Å². The second-order valence-corrected chi connectivity index (χ2v) is 5.14. The molecular weight excluding hydrogens is 244 g/mol. The third kappa shape index (κ3) is 2.57. The molecule has 0 unspecified atom stereocenters. The van der Waals surface area contributed by atoms with E-state index >= 15 is 0 Å². The standard InChI is InChI=1S/C15H18O4/c1-14(2,15(3)18-9-10-19-15)13(16)17-11-12-7-5-4-6-8-12/h4-10H,11H2,1-3H3. The van der Waals surface area contributed by atoms with Crippen molar-refractivity contribution in [1.82, 2.24) is 0 Å². The molecule has 0 saturated heterocycles. The fraction of sp³-hybridized carbons (Fsp3) is 0.400. The maximum Gasteiger partial charge on any atom is 0.319 e. The first kappa shape index (κ1) is 13.5. The monoisotopic (exact) mass is 262 g/mol. The van der Waals surface area contributed by atoms with Crippen molar-refractivity contribution in [3.8, 4) is 0 Å². The molecule has 1 aromatic rings. The lowest BCUT2D eigenvalue weighted by Gasteiger charge is -2.36. The largest absolute Gasteiger partial charge is 0.460 e. The normalized spacial score (nSPS) is 16.6. The molecule has 4 nitrogen and oxygen atoms in total. The molecule has 4 heteroatoms. The summed E-state index contributed by atoms with van der Waals surface area (Å²) in [5.41, 5.74) is 0.0360. The Bertz CT molecular complexity index is 468. The van der Waals surface area contributed by atoms with E-state index in [1.165, 1.54) is 12.5 Å². The van der Waals surface area contributed by atoms with Crippen LogP contribution in [-0.4, -0.2) is 11.8 Å². The fourth-order valence-electron chi connectivity index (χ4n) is 1.73. The maximum atomic E-state index is 12.2. The highest BCUT2D eigenvalue weighted by atomic mass is 16.7. The number of benzene rings is 1. The van der Waals surface area contributed by atoms with E-state index in [1.54, 1.807) is 20.8 Å². The summed E-state index contributed by atoms with van der Waals surface area (Å²) < 4.78 is 16.1. The molecule has 102 valence electrons. The zero-order valence-electron chi connectivity index (χ0n) is 11.4. The molecule has 0 spiro atoms. The van der Waals surface area contributed by atoms with Gasteiger partial charge < -0.3 is 14.2 Å². The molecule has 0 bridgehead atoms. The van der Waals surface area contributed by atoms with Crippen LogP contribution in [0, 0.1) is 5.41 Å². The number of carbonyl (C=O) groups is 1. The highest BCUT2D eigenvalue weighted by molar-refractivity contribution is 5.77. The van der Waals surface area contributed by atoms with Crippen molar-refractivity contribution in [1.29, 1.82) is 0 Å². The minimum absolute atomic E-state index is 0.243. The summed E-state index contributed by atoms with van der Waals surface area (Å²) >= 11 is 0. The third-order valence-electron chi connectivity index (χ3n) is 3.50. The number of ether oxygens (including phenoxy) is 3. The van der Waals surface area contributed by atoms with Crippen molar-refractivity contribution in [3.63, 3.8) is 0 Å². The molecule has 1 aromatic carbocycles. The van der Waals surface area contributed by atoms with E-state index in [0.29, 0.717) is 0 Å². The van der Waals surface area contributed by atoms with Crippen molar-refractivity contribution >= 4 is 5.97 Å². The van der Waals surface area contributed by atoms with Crippen molar-refractivity contribution < 1.29 is 19.0 Å². The Morgan fingerprint density at radius 3 is 2.37 bits per heavy atom. The van der Waals surface area contributed by atoms with E-state index in [2.05, 4.69) is 0 Å². The fourth-order valence-corrected chi connectivity index (χ4v) is 1.73. The van der Waals surface area contributed by atoms with Gasteiger partial charge in [-0.05, 0) is 19.4 Å². The molecule has 2 rings (SSSR count). The molecule has 1 aliphatic rings. The minimum Gasteiger partial charge on any atom is -0.460 e. The van der Waals surface area contributed by atoms with Crippen LogP contribution < -0.4 is 0 Å². The van der Waals surface area contributed by atoms with Gasteiger partial charge in [-0.3, -0.25) is 4.79 Å². The van der Waals surface area contributed by atoms with Crippen LogP contribution in [0.15, 0.2) is 42.9 Å². The number of esters is 1. The molecule has 0 saturated carbocycles. The average Bonchev–Trinajstić information content (AvgIpc) is 2.86. The smallest absolute Gasteiger partial charge is 0.319 e. The molecule has 0 N–H and O–H groups in total. The van der Waals surface area contributed by atoms with Crippen molar-refractivity contribution in [2.75, 3.05) is 0 Å². The first-order chi connectivity index (χ1) is 8.96. The Morgan fingerprint density at radius 2 is 1.79 bits per heavy atom. The summed E-state index contributed by atoms with van der Waals surface area (Å²) in [4.78, 5) is 12.2. The molecule has 0 radical (unpaired) electrons. The van der Waals surface area contributed by atoms with Gasteiger partial charge in [-0.15, -0.1) is 0 Å². The molecule has 0 aromatic heterocycles. The Morgan fingerprint density at radius 1 is 1.21 bits per heavy atom. The lowest BCUT2D eigenvalue weighted by Crippen LogP contribution is -2.48. The van der Waals surface area contributed by atoms with Gasteiger partial charge in [-0.2, -0.15) is 0 Å². The quantitative estimate of drug-likeness (QED) is 0.782. The van der Waals surface area contributed by atoms with Crippen molar-refractivity contribution in [2.24, 2.45) is 5.41 Å². The number of hydrogen-bond acceptors (Lipinski definition) is 4. The van der Waals surface area contributed by atoms with Crippen molar-refractivity contribution in [3.05, 3.63) is 48.4 Å². The Hall–Kier alpha value is -1.97. The minimum atomic E-state index is -1.03. The second-order valence-electron chi connectivity index (χ2n) is 5.14. The van der Waals surface area contributed by atoms with E-state index in [-0.39, 0.29) is 12.6 Å². The predicted octanol–water partition coefficient (Wildman–Crippen LogP) is 2.99. The highest BCUT2D eigenvalue weighted by Gasteiger charge is 2.53. The number of carbonyl (C=O) groups excluding carboxylic acids is 1. The van der Waals surface area contributed by atoms with E-state index in [9.17, 15) is 4.79 Å². The summed E-state index contributed by atoms with van der Waals surface area (Å²) in [7, 11) is 0. The van der Waals surface area contributed by atoms with E-state index in [0.717, 1.165) is 5.56 Å². The van der Waals surface area contributed by atoms with Crippen molar-refractivity contribution in [2.45, 2.75) is 33.2 Å². The third-order valence-corrected chi connectivity index (χ3v) is 3.50. The molecule has 0 fully saturated rings. The van der Waals surface area contributed by atoms with Gasteiger partial charge in [0.05, 0.1) is 0 Å². The zero-order chi connectivity index (χ0) is 13.9. The molecule has 0 atom stereocenters. The van der Waals surface area contributed by atoms with Gasteiger partial charge in [0.2, 0.25) is 0 Å². The summed E-state index contributed by atoms with van der Waals surface area (Å²) in [6.07, 6.45) is 2.87. The van der Waals surface area contributed by atoms with Gasteiger partial charge in [0.25, 0.3) is 5.79 Å². The molecule has 0 amide bonds. The lowest BCUT2D eigenvalue weighted by atomic mass is 9.84. The summed E-state index contributed by atoms with van der Waals surface area (Å²) in [5, 5.41) is 0. The van der Waals surface area contributed by atoms with Crippen LogP contribution in [0.3, 0.4) is 0 Å². The summed E-state index contributed by atoms with van der Waals surface area (Å²) in [6, 6.07) is 9.55. The molecular formula is C15H18O4. The number of hydrogen-bond donors (Lipinski definition) is 0. The summed E-state index contributed by atoms with van der Waals surface area (Å²) in [6.45, 7) is 5.45. The van der Waals surface area contributed by atoms with Gasteiger partial charge in [0.15, 0.2) is 0 Å². The van der Waals surface area contributed by atoms with Gasteiger partial charge in [0, 0.05) is 6.92 Å². The second kappa shape index (κ2) is 4.96. The Balaban J connectivity index is 1.99. The van der Waals surface area contributed by atoms with Crippen LogP contribution in [0.4, 0.5) is 0 Å². The molecule has 19 heavy (non-hydrogen) atoms. The van der Waals surface area contributed by atoms with E-state index in [1.807, 2.05) is 30.3 Å². The molecule has 1 aliphatic heterocycles.